The lowest BCUT2D eigenvalue weighted by Crippen LogP contribution is -2.30. The molecule has 5 rings (SSSR count). The van der Waals surface area contributed by atoms with Gasteiger partial charge in [-0.1, -0.05) is 72.8 Å². The third kappa shape index (κ3) is 5.00. The van der Waals surface area contributed by atoms with Gasteiger partial charge in [0.25, 0.3) is 0 Å². The van der Waals surface area contributed by atoms with Gasteiger partial charge in [0.15, 0.2) is 11.0 Å². The van der Waals surface area contributed by atoms with Crippen molar-refractivity contribution in [2.75, 3.05) is 18.4 Å². The van der Waals surface area contributed by atoms with Crippen molar-refractivity contribution in [3.8, 4) is 5.69 Å². The summed E-state index contributed by atoms with van der Waals surface area (Å²) in [4.78, 5) is 15.6. The molecule has 1 aromatic heterocycles. The normalized spacial score (nSPS) is 15.3. The van der Waals surface area contributed by atoms with Crippen LogP contribution in [0.5, 0.6) is 0 Å². The number of rotatable bonds is 7. The first kappa shape index (κ1) is 22.6. The number of hydrogen-bond donors (Lipinski definition) is 1. The van der Waals surface area contributed by atoms with E-state index in [4.69, 9.17) is 0 Å². The van der Waals surface area contributed by atoms with E-state index >= 15 is 0 Å². The number of piperidine rings is 1. The average Bonchev–Trinajstić information content (AvgIpc) is 3.27. The number of amides is 1. The number of benzene rings is 3. The summed E-state index contributed by atoms with van der Waals surface area (Å²) in [6.07, 6.45) is 3.76. The van der Waals surface area contributed by atoms with E-state index < -0.39 is 0 Å². The molecule has 0 saturated carbocycles. The average molecular weight is 472 g/mol. The van der Waals surface area contributed by atoms with Crippen molar-refractivity contribution in [3.63, 3.8) is 0 Å². The van der Waals surface area contributed by atoms with Crippen molar-refractivity contribution < 1.29 is 4.79 Å². The zero-order valence-corrected chi connectivity index (χ0v) is 20.2. The molecule has 6 nitrogen and oxygen atoms in total. The summed E-state index contributed by atoms with van der Waals surface area (Å²) in [6, 6.07) is 24.2. The van der Waals surface area contributed by atoms with Crippen molar-refractivity contribution in [1.29, 1.82) is 0 Å². The summed E-state index contributed by atoms with van der Waals surface area (Å²) in [5.74, 6) is 0.860. The van der Waals surface area contributed by atoms with Crippen molar-refractivity contribution in [3.05, 3.63) is 78.6 Å². The van der Waals surface area contributed by atoms with Gasteiger partial charge < -0.3 is 5.32 Å². The second-order valence-corrected chi connectivity index (χ2v) is 9.99. The van der Waals surface area contributed by atoms with Crippen LogP contribution in [0, 0.1) is 0 Å². The van der Waals surface area contributed by atoms with Gasteiger partial charge in [0.05, 0.1) is 11.8 Å². The van der Waals surface area contributed by atoms with Crippen LogP contribution in [-0.4, -0.2) is 43.9 Å². The first-order valence-corrected chi connectivity index (χ1v) is 12.7. The Morgan fingerprint density at radius 3 is 2.50 bits per heavy atom. The van der Waals surface area contributed by atoms with Crippen LogP contribution in [0.15, 0.2) is 78.0 Å². The minimum absolute atomic E-state index is 0.0541. The van der Waals surface area contributed by atoms with Crippen LogP contribution in [0.3, 0.4) is 0 Å². The monoisotopic (exact) mass is 471 g/mol. The van der Waals surface area contributed by atoms with Gasteiger partial charge in [-0.25, -0.2) is 0 Å². The van der Waals surface area contributed by atoms with Crippen molar-refractivity contribution >= 4 is 34.1 Å². The molecule has 7 heteroatoms. The first-order chi connectivity index (χ1) is 16.7. The highest BCUT2D eigenvalue weighted by Crippen LogP contribution is 2.29. The van der Waals surface area contributed by atoms with E-state index in [-0.39, 0.29) is 11.2 Å². The molecule has 1 amide bonds. The van der Waals surface area contributed by atoms with E-state index in [1.807, 2.05) is 55.5 Å². The maximum Gasteiger partial charge on any atom is 0.237 e. The van der Waals surface area contributed by atoms with Crippen LogP contribution in [0.2, 0.25) is 0 Å². The summed E-state index contributed by atoms with van der Waals surface area (Å²) in [5.41, 5.74) is 1.84. The van der Waals surface area contributed by atoms with Gasteiger partial charge in [0, 0.05) is 16.8 Å². The molecule has 0 bridgehead atoms. The number of anilines is 1. The number of para-hydroxylation sites is 1. The quantitative estimate of drug-likeness (QED) is 0.359. The zero-order valence-electron chi connectivity index (χ0n) is 19.4. The number of aromatic nitrogens is 3. The fourth-order valence-electron chi connectivity index (χ4n) is 4.41. The van der Waals surface area contributed by atoms with E-state index in [0.29, 0.717) is 0 Å². The lowest BCUT2D eigenvalue weighted by Gasteiger charge is -2.26. The summed E-state index contributed by atoms with van der Waals surface area (Å²) in [7, 11) is 0. The Balaban J connectivity index is 1.37. The molecule has 1 atom stereocenters. The van der Waals surface area contributed by atoms with Gasteiger partial charge in [0.1, 0.15) is 0 Å². The molecule has 34 heavy (non-hydrogen) atoms. The lowest BCUT2D eigenvalue weighted by atomic mass is 10.1. The molecule has 4 aromatic rings. The highest BCUT2D eigenvalue weighted by molar-refractivity contribution is 8.00. The number of nitrogens with one attached hydrogen (secondary N) is 1. The van der Waals surface area contributed by atoms with E-state index in [0.717, 1.165) is 52.8 Å². The molecule has 1 saturated heterocycles. The molecule has 0 aliphatic carbocycles. The van der Waals surface area contributed by atoms with Crippen LogP contribution in [0.1, 0.15) is 32.0 Å². The summed E-state index contributed by atoms with van der Waals surface area (Å²) in [5, 5.41) is 14.7. The second-order valence-electron chi connectivity index (χ2n) is 8.68. The number of carbonyl (C=O) groups is 1. The minimum Gasteiger partial charge on any atom is -0.325 e. The van der Waals surface area contributed by atoms with Crippen LogP contribution in [-0.2, 0) is 11.3 Å². The Morgan fingerprint density at radius 2 is 1.68 bits per heavy atom. The van der Waals surface area contributed by atoms with Crippen LogP contribution < -0.4 is 5.32 Å². The molecule has 1 aliphatic heterocycles. The summed E-state index contributed by atoms with van der Waals surface area (Å²) in [6.45, 7) is 4.86. The zero-order chi connectivity index (χ0) is 23.3. The molecule has 174 valence electrons. The molecule has 1 N–H and O–H groups in total. The molecule has 0 spiro atoms. The molecule has 3 aromatic carbocycles. The van der Waals surface area contributed by atoms with Gasteiger partial charge in [0.2, 0.25) is 5.91 Å². The SMILES string of the molecule is CC(Sc1nnc(CN2CCCCC2)n1-c1ccccc1)C(=O)Nc1cccc2ccccc12. The largest absolute Gasteiger partial charge is 0.325 e. The molecule has 0 radical (unpaired) electrons. The number of likely N-dealkylation sites (tertiary alicyclic amines) is 1. The summed E-state index contributed by atoms with van der Waals surface area (Å²) < 4.78 is 2.10. The standard InChI is InChI=1S/C27H29N5OS/c1-20(26(33)28-24-16-10-12-21-11-6-7-15-23(21)24)34-27-30-29-25(19-31-17-8-3-9-18-31)32(27)22-13-4-2-5-14-22/h2,4-7,10-16,20H,3,8-9,17-19H2,1H3,(H,28,33). The Hall–Kier alpha value is -3.16. The Kier molecular flexibility index (Phi) is 6.92. The number of fused-ring (bicyclic) bond motifs is 1. The van der Waals surface area contributed by atoms with E-state index in [1.165, 1.54) is 31.0 Å². The fraction of sp³-hybridized carbons (Fsp3) is 0.296. The number of carbonyl (C=O) groups excluding carboxylic acids is 1. The van der Waals surface area contributed by atoms with Gasteiger partial charge in [-0.2, -0.15) is 0 Å². The van der Waals surface area contributed by atoms with E-state index in [9.17, 15) is 4.79 Å². The highest BCUT2D eigenvalue weighted by atomic mass is 32.2. The Labute approximate surface area is 204 Å². The van der Waals surface area contributed by atoms with Crippen LogP contribution in [0.25, 0.3) is 16.5 Å². The Bertz CT molecular complexity index is 1260. The number of nitrogens with zero attached hydrogens (tertiary/aromatic N) is 4. The van der Waals surface area contributed by atoms with Crippen molar-refractivity contribution in [2.24, 2.45) is 0 Å². The third-order valence-corrected chi connectivity index (χ3v) is 7.27. The lowest BCUT2D eigenvalue weighted by molar-refractivity contribution is -0.115. The van der Waals surface area contributed by atoms with Crippen molar-refractivity contribution in [1.82, 2.24) is 19.7 Å². The predicted octanol–water partition coefficient (Wildman–Crippen LogP) is 5.53. The minimum atomic E-state index is -0.339. The van der Waals surface area contributed by atoms with E-state index in [2.05, 4.69) is 49.2 Å². The van der Waals surface area contributed by atoms with E-state index in [1.54, 1.807) is 0 Å². The fourth-order valence-corrected chi connectivity index (χ4v) is 5.30. The molecule has 1 aliphatic rings. The summed E-state index contributed by atoms with van der Waals surface area (Å²) >= 11 is 1.44. The molecular formula is C27H29N5OS. The smallest absolute Gasteiger partial charge is 0.237 e. The van der Waals surface area contributed by atoms with Gasteiger partial charge in [-0.15, -0.1) is 10.2 Å². The van der Waals surface area contributed by atoms with Gasteiger partial charge in [-0.05, 0) is 56.4 Å². The molecule has 1 unspecified atom stereocenters. The van der Waals surface area contributed by atoms with Crippen molar-refractivity contribution in [2.45, 2.75) is 43.1 Å². The van der Waals surface area contributed by atoms with Crippen LogP contribution >= 0.6 is 11.8 Å². The van der Waals surface area contributed by atoms with Gasteiger partial charge in [-0.3, -0.25) is 14.3 Å². The third-order valence-electron chi connectivity index (χ3n) is 6.23. The Morgan fingerprint density at radius 1 is 0.941 bits per heavy atom. The topological polar surface area (TPSA) is 63.1 Å². The molecule has 2 heterocycles. The molecular weight excluding hydrogens is 442 g/mol. The maximum absolute atomic E-state index is 13.1. The second kappa shape index (κ2) is 10.4. The number of thioether (sulfide) groups is 1. The van der Waals surface area contributed by atoms with Crippen LogP contribution in [0.4, 0.5) is 5.69 Å². The predicted molar refractivity (Wildman–Crippen MR) is 138 cm³/mol. The molecule has 1 fully saturated rings. The first-order valence-electron chi connectivity index (χ1n) is 11.9. The highest BCUT2D eigenvalue weighted by Gasteiger charge is 2.23. The van der Waals surface area contributed by atoms with Gasteiger partial charge >= 0.3 is 0 Å². The maximum atomic E-state index is 13.1. The number of hydrogen-bond acceptors (Lipinski definition) is 5.